The van der Waals surface area contributed by atoms with Crippen LogP contribution in [0.1, 0.15) is 50.6 Å². The van der Waals surface area contributed by atoms with Crippen LogP contribution in [0, 0.1) is 13.8 Å². The number of aliphatic carboxylic acids is 1. The molecule has 2 heterocycles. The van der Waals surface area contributed by atoms with Crippen LogP contribution in [0.5, 0.6) is 0 Å². The minimum atomic E-state index is -1.23. The molecule has 0 radical (unpaired) electrons. The average Bonchev–Trinajstić information content (AvgIpc) is 3.21. The molecule has 0 unspecified atom stereocenters. The molecule has 0 bridgehead atoms. The number of guanidine groups is 1. The molecule has 1 aromatic heterocycles. The fraction of sp³-hybridized carbons (Fsp3) is 0.367. The third-order valence-electron chi connectivity index (χ3n) is 6.80. The predicted molar refractivity (Wildman–Crippen MR) is 158 cm³/mol. The number of ether oxygens (including phenoxy) is 2. The molecule has 0 saturated heterocycles. The van der Waals surface area contributed by atoms with Gasteiger partial charge in [-0.2, -0.15) is 0 Å². The van der Waals surface area contributed by atoms with Crippen LogP contribution in [0.4, 0.5) is 5.69 Å². The largest absolute Gasteiger partial charge is 0.500 e. The SMILES string of the molecule is C=N/C(=N\C=C(/C)OC)N1CCn2c(C)cc3c(-c4ccc(Cl)cc4)c([C@H](OC(C)(C)C)C(=O)O)c(C)c1c32. The molecule has 1 N–H and O–H groups in total. The first-order valence-electron chi connectivity index (χ1n) is 12.7. The molecule has 0 fully saturated rings. The second-order valence-electron chi connectivity index (χ2n) is 10.6. The molecule has 39 heavy (non-hydrogen) atoms. The Bertz CT molecular complexity index is 1500. The average molecular weight is 551 g/mol. The Morgan fingerprint density at radius 2 is 1.87 bits per heavy atom. The first-order valence-corrected chi connectivity index (χ1v) is 13.1. The Hall–Kier alpha value is -3.62. The van der Waals surface area contributed by atoms with Crippen molar-refractivity contribution in [2.24, 2.45) is 9.98 Å². The summed E-state index contributed by atoms with van der Waals surface area (Å²) in [5.41, 5.74) is 5.19. The zero-order chi connectivity index (χ0) is 28.6. The van der Waals surface area contributed by atoms with E-state index in [1.807, 2.05) is 56.9 Å². The normalized spacial score (nSPS) is 15.0. The molecule has 8 nitrogen and oxygen atoms in total. The summed E-state index contributed by atoms with van der Waals surface area (Å²) in [6.45, 7) is 16.4. The Labute approximate surface area is 234 Å². The molecular weight excluding hydrogens is 516 g/mol. The van der Waals surface area contributed by atoms with E-state index in [1.165, 1.54) is 0 Å². The van der Waals surface area contributed by atoms with Crippen LogP contribution < -0.4 is 4.90 Å². The molecule has 0 amide bonds. The molecule has 9 heteroatoms. The summed E-state index contributed by atoms with van der Waals surface area (Å²) < 4.78 is 13.7. The lowest BCUT2D eigenvalue weighted by atomic mass is 9.87. The van der Waals surface area contributed by atoms with Gasteiger partial charge >= 0.3 is 5.97 Å². The van der Waals surface area contributed by atoms with Gasteiger partial charge in [0, 0.05) is 34.8 Å². The van der Waals surface area contributed by atoms with Crippen LogP contribution >= 0.6 is 11.6 Å². The highest BCUT2D eigenvalue weighted by Gasteiger charge is 2.36. The minimum absolute atomic E-state index is 0.398. The number of methoxy groups -OCH3 is 1. The van der Waals surface area contributed by atoms with Crippen molar-refractivity contribution in [2.75, 3.05) is 18.6 Å². The molecule has 1 atom stereocenters. The summed E-state index contributed by atoms with van der Waals surface area (Å²) in [5.74, 6) is -0.0463. The number of aromatic nitrogens is 1. The monoisotopic (exact) mass is 550 g/mol. The van der Waals surface area contributed by atoms with E-state index in [0.29, 0.717) is 35.4 Å². The van der Waals surface area contributed by atoms with Gasteiger partial charge in [0.15, 0.2) is 6.10 Å². The molecule has 0 saturated carbocycles. The summed E-state index contributed by atoms with van der Waals surface area (Å²) in [4.78, 5) is 23.6. The number of allylic oxidation sites excluding steroid dienone is 1. The van der Waals surface area contributed by atoms with Gasteiger partial charge in [-0.15, -0.1) is 0 Å². The van der Waals surface area contributed by atoms with Gasteiger partial charge in [0.25, 0.3) is 0 Å². The predicted octanol–water partition coefficient (Wildman–Crippen LogP) is 6.90. The van der Waals surface area contributed by atoms with E-state index < -0.39 is 17.7 Å². The lowest BCUT2D eigenvalue weighted by Gasteiger charge is -2.35. The topological polar surface area (TPSA) is 88.7 Å². The van der Waals surface area contributed by atoms with Crippen molar-refractivity contribution in [1.82, 2.24) is 4.57 Å². The summed E-state index contributed by atoms with van der Waals surface area (Å²) in [6, 6.07) is 9.58. The lowest BCUT2D eigenvalue weighted by Crippen LogP contribution is -2.37. The summed E-state index contributed by atoms with van der Waals surface area (Å²) in [6.07, 6.45) is 0.373. The number of halogens is 1. The summed E-state index contributed by atoms with van der Waals surface area (Å²) >= 11 is 6.23. The van der Waals surface area contributed by atoms with Crippen molar-refractivity contribution < 1.29 is 19.4 Å². The number of benzene rings is 2. The number of carboxylic acid groups (broad SMARTS) is 1. The maximum absolute atomic E-state index is 12.8. The number of rotatable bonds is 6. The number of aliphatic imine (C=N–C) groups is 2. The van der Waals surface area contributed by atoms with Gasteiger partial charge in [-0.3, -0.25) is 0 Å². The molecule has 0 aliphatic carbocycles. The number of anilines is 1. The van der Waals surface area contributed by atoms with E-state index in [9.17, 15) is 9.90 Å². The molecule has 3 aromatic rings. The molecule has 206 valence electrons. The van der Waals surface area contributed by atoms with Gasteiger partial charge in [0.05, 0.1) is 30.1 Å². The van der Waals surface area contributed by atoms with Gasteiger partial charge in [0.2, 0.25) is 5.96 Å². The van der Waals surface area contributed by atoms with Crippen LogP contribution in [-0.4, -0.2) is 47.6 Å². The molecule has 1 aliphatic heterocycles. The number of carboxylic acids is 1. The van der Waals surface area contributed by atoms with Crippen LogP contribution in [0.15, 0.2) is 52.3 Å². The van der Waals surface area contributed by atoms with Gasteiger partial charge in [-0.1, -0.05) is 23.7 Å². The molecule has 4 rings (SSSR count). The van der Waals surface area contributed by atoms with Crippen LogP contribution in [0.2, 0.25) is 5.02 Å². The van der Waals surface area contributed by atoms with E-state index in [4.69, 9.17) is 21.1 Å². The highest BCUT2D eigenvalue weighted by molar-refractivity contribution is 6.30. The standard InChI is InChI=1S/C30H35ClN4O4/c1-17-15-22-24(20-9-11-21(31)12-10-20)23(27(28(36)37)39-30(4,5)6)19(3)25-26(22)34(17)13-14-35(25)29(32-7)33-16-18(2)38-8/h9-12,15-16,27H,7,13-14H2,1-6,8H3,(H,36,37)/b18-16+,33-29+/t27-/m0/s1. The molecule has 1 aliphatic rings. The zero-order valence-electron chi connectivity index (χ0n) is 23.5. The van der Waals surface area contributed by atoms with Crippen LogP contribution in [0.3, 0.4) is 0 Å². The van der Waals surface area contributed by atoms with E-state index in [0.717, 1.165) is 39.0 Å². The Kier molecular flexibility index (Phi) is 7.91. The fourth-order valence-electron chi connectivity index (χ4n) is 5.13. The number of nitrogens with zero attached hydrogens (tertiary/aromatic N) is 4. The van der Waals surface area contributed by atoms with Crippen molar-refractivity contribution in [2.45, 2.75) is 59.8 Å². The number of carbonyl (C=O) groups is 1. The summed E-state index contributed by atoms with van der Waals surface area (Å²) in [7, 11) is 1.58. The van der Waals surface area contributed by atoms with Crippen molar-refractivity contribution >= 4 is 46.8 Å². The Morgan fingerprint density at radius 3 is 2.44 bits per heavy atom. The van der Waals surface area contributed by atoms with Crippen molar-refractivity contribution in [3.8, 4) is 11.1 Å². The van der Waals surface area contributed by atoms with Crippen molar-refractivity contribution in [3.05, 3.63) is 64.1 Å². The number of hydrogen-bond donors (Lipinski definition) is 1. The van der Waals surface area contributed by atoms with Crippen molar-refractivity contribution in [1.29, 1.82) is 0 Å². The van der Waals surface area contributed by atoms with Gasteiger partial charge < -0.3 is 24.0 Å². The number of aryl methyl sites for hydroxylation is 1. The highest BCUT2D eigenvalue weighted by Crippen LogP contribution is 2.48. The molecule has 2 aromatic carbocycles. The van der Waals surface area contributed by atoms with E-state index >= 15 is 0 Å². The highest BCUT2D eigenvalue weighted by atomic mass is 35.5. The maximum Gasteiger partial charge on any atom is 0.337 e. The van der Waals surface area contributed by atoms with Gasteiger partial charge in [0.1, 0.15) is 5.76 Å². The first kappa shape index (κ1) is 28.4. The van der Waals surface area contributed by atoms with Gasteiger partial charge in [-0.05, 0) is 83.1 Å². The quantitative estimate of drug-likeness (QED) is 0.205. The van der Waals surface area contributed by atoms with Crippen LogP contribution in [-0.2, 0) is 20.8 Å². The third kappa shape index (κ3) is 5.44. The van der Waals surface area contributed by atoms with Gasteiger partial charge in [-0.25, -0.2) is 14.8 Å². The molecular formula is C30H35ClN4O4. The molecule has 0 spiro atoms. The third-order valence-corrected chi connectivity index (χ3v) is 7.05. The van der Waals surface area contributed by atoms with Crippen molar-refractivity contribution in [3.63, 3.8) is 0 Å². The fourth-order valence-corrected chi connectivity index (χ4v) is 5.26. The number of hydrogen-bond acceptors (Lipinski definition) is 4. The second-order valence-corrected chi connectivity index (χ2v) is 11.0. The lowest BCUT2D eigenvalue weighted by molar-refractivity contribution is -0.160. The van der Waals surface area contributed by atoms with E-state index in [1.54, 1.807) is 20.2 Å². The van der Waals surface area contributed by atoms with Crippen LogP contribution in [0.25, 0.3) is 22.0 Å². The van der Waals surface area contributed by atoms with E-state index in [-0.39, 0.29) is 0 Å². The van der Waals surface area contributed by atoms with E-state index in [2.05, 4.69) is 34.3 Å². The smallest absolute Gasteiger partial charge is 0.337 e. The maximum atomic E-state index is 12.8. The minimum Gasteiger partial charge on any atom is -0.500 e. The second kappa shape index (κ2) is 10.9. The summed E-state index contributed by atoms with van der Waals surface area (Å²) in [5, 5.41) is 12.0. The Balaban J connectivity index is 2.14. The first-order chi connectivity index (χ1) is 18.4. The zero-order valence-corrected chi connectivity index (χ0v) is 24.3. The Morgan fingerprint density at radius 1 is 1.21 bits per heavy atom.